The van der Waals surface area contributed by atoms with Crippen molar-refractivity contribution in [1.82, 2.24) is 20.1 Å². The van der Waals surface area contributed by atoms with Crippen LogP contribution in [0.25, 0.3) is 0 Å². The minimum absolute atomic E-state index is 0.194. The van der Waals surface area contributed by atoms with Gasteiger partial charge in [-0.05, 0) is 25.1 Å². The molecule has 0 fully saturated rings. The van der Waals surface area contributed by atoms with Crippen LogP contribution in [0.2, 0.25) is 5.02 Å². The van der Waals surface area contributed by atoms with E-state index in [4.69, 9.17) is 11.6 Å². The van der Waals surface area contributed by atoms with Gasteiger partial charge in [0, 0.05) is 7.05 Å². The fourth-order valence-corrected chi connectivity index (χ4v) is 2.21. The molecular formula is C13H16ClFN4. The summed E-state index contributed by atoms with van der Waals surface area (Å²) in [5.74, 6) is -0.353. The molecule has 2 aromatic rings. The summed E-state index contributed by atoms with van der Waals surface area (Å²) >= 11 is 6.17. The normalized spacial score (nSPS) is 12.6. The van der Waals surface area contributed by atoms with Crippen LogP contribution in [-0.2, 0) is 7.05 Å². The van der Waals surface area contributed by atoms with Crippen LogP contribution >= 0.6 is 11.6 Å². The average molecular weight is 283 g/mol. The summed E-state index contributed by atoms with van der Waals surface area (Å²) in [4.78, 5) is 4.13. The molecule has 0 aliphatic rings. The summed E-state index contributed by atoms with van der Waals surface area (Å²) in [6.07, 6.45) is 3.79. The lowest BCUT2D eigenvalue weighted by molar-refractivity contribution is 0.539. The maximum atomic E-state index is 13.0. The Hall–Kier alpha value is -1.46. The second kappa shape index (κ2) is 6.12. The highest BCUT2D eigenvalue weighted by Crippen LogP contribution is 2.26. The third-order valence-corrected chi connectivity index (χ3v) is 3.15. The van der Waals surface area contributed by atoms with E-state index < -0.39 is 0 Å². The lowest BCUT2D eigenvalue weighted by Gasteiger charge is -2.19. The molecule has 6 heteroatoms. The lowest BCUT2D eigenvalue weighted by atomic mass is 10.1. The Morgan fingerprint density at radius 2 is 2.21 bits per heavy atom. The first-order valence-corrected chi connectivity index (χ1v) is 6.53. The van der Waals surface area contributed by atoms with Crippen molar-refractivity contribution < 1.29 is 4.39 Å². The van der Waals surface area contributed by atoms with Gasteiger partial charge in [0.2, 0.25) is 0 Å². The number of nitrogens with one attached hydrogen (secondary N) is 1. The molecule has 102 valence electrons. The van der Waals surface area contributed by atoms with Gasteiger partial charge in [0.25, 0.3) is 0 Å². The van der Waals surface area contributed by atoms with Crippen LogP contribution in [-0.4, -0.2) is 21.3 Å². The highest BCUT2D eigenvalue weighted by atomic mass is 35.5. The van der Waals surface area contributed by atoms with E-state index >= 15 is 0 Å². The van der Waals surface area contributed by atoms with Crippen molar-refractivity contribution in [2.24, 2.45) is 7.05 Å². The minimum atomic E-state index is -0.353. The van der Waals surface area contributed by atoms with Crippen LogP contribution < -0.4 is 5.32 Å². The molecule has 0 saturated heterocycles. The number of aryl methyl sites for hydroxylation is 1. The lowest BCUT2D eigenvalue weighted by Crippen LogP contribution is -2.26. The first-order chi connectivity index (χ1) is 9.13. The fraction of sp³-hybridized carbons (Fsp3) is 0.385. The molecule has 0 aliphatic heterocycles. The molecular weight excluding hydrogens is 267 g/mol. The molecule has 0 spiro atoms. The van der Waals surface area contributed by atoms with Gasteiger partial charge in [-0.3, -0.25) is 9.67 Å². The van der Waals surface area contributed by atoms with E-state index in [1.807, 2.05) is 7.05 Å². The van der Waals surface area contributed by atoms with Crippen LogP contribution in [0.4, 0.5) is 4.39 Å². The van der Waals surface area contributed by atoms with Crippen LogP contribution in [0.3, 0.4) is 0 Å². The minimum Gasteiger partial charge on any atom is -0.304 e. The molecule has 19 heavy (non-hydrogen) atoms. The zero-order chi connectivity index (χ0) is 13.8. The molecule has 1 unspecified atom stereocenters. The zero-order valence-electron chi connectivity index (χ0n) is 10.9. The van der Waals surface area contributed by atoms with Gasteiger partial charge in [0.05, 0.1) is 34.8 Å². The van der Waals surface area contributed by atoms with E-state index in [9.17, 15) is 4.39 Å². The Labute approximate surface area is 116 Å². The number of halogens is 2. The standard InChI is InChI=1S/C13H16ClFN4/c1-3-6-16-12(11-5-4-9(15)7-17-11)13-10(14)8-18-19(13)2/h4-5,7-8,12,16H,3,6H2,1-2H3. The maximum Gasteiger partial charge on any atom is 0.141 e. The number of aromatic nitrogens is 3. The molecule has 0 aliphatic carbocycles. The molecule has 0 bridgehead atoms. The van der Waals surface area contributed by atoms with Crippen molar-refractivity contribution in [3.8, 4) is 0 Å². The quantitative estimate of drug-likeness (QED) is 0.917. The molecule has 0 aromatic carbocycles. The van der Waals surface area contributed by atoms with Crippen LogP contribution in [0.1, 0.15) is 30.8 Å². The monoisotopic (exact) mass is 282 g/mol. The summed E-state index contributed by atoms with van der Waals surface area (Å²) in [7, 11) is 1.82. The number of pyridine rings is 1. The van der Waals surface area contributed by atoms with E-state index in [2.05, 4.69) is 22.3 Å². The van der Waals surface area contributed by atoms with Crippen molar-refractivity contribution in [1.29, 1.82) is 0 Å². The Bertz CT molecular complexity index is 519. The number of nitrogens with zero attached hydrogens (tertiary/aromatic N) is 3. The second-order valence-electron chi connectivity index (χ2n) is 4.29. The highest BCUT2D eigenvalue weighted by Gasteiger charge is 2.21. The van der Waals surface area contributed by atoms with Gasteiger partial charge in [0.1, 0.15) is 5.82 Å². The maximum absolute atomic E-state index is 13.0. The predicted molar refractivity (Wildman–Crippen MR) is 72.5 cm³/mol. The Morgan fingerprint density at radius 3 is 2.74 bits per heavy atom. The summed E-state index contributed by atoms with van der Waals surface area (Å²) in [5, 5.41) is 8.06. The van der Waals surface area contributed by atoms with E-state index in [0.717, 1.165) is 24.4 Å². The largest absolute Gasteiger partial charge is 0.304 e. The Kier molecular flexibility index (Phi) is 4.50. The number of hydrogen-bond donors (Lipinski definition) is 1. The first-order valence-electron chi connectivity index (χ1n) is 6.15. The zero-order valence-corrected chi connectivity index (χ0v) is 11.7. The van der Waals surface area contributed by atoms with Gasteiger partial charge < -0.3 is 5.32 Å². The Balaban J connectivity index is 2.38. The molecule has 4 nitrogen and oxygen atoms in total. The third kappa shape index (κ3) is 3.11. The Morgan fingerprint density at radius 1 is 1.42 bits per heavy atom. The van der Waals surface area contributed by atoms with Crippen molar-refractivity contribution >= 4 is 11.6 Å². The summed E-state index contributed by atoms with van der Waals surface area (Å²) < 4.78 is 14.7. The highest BCUT2D eigenvalue weighted by molar-refractivity contribution is 6.31. The van der Waals surface area contributed by atoms with Crippen LogP contribution in [0.5, 0.6) is 0 Å². The predicted octanol–water partition coefficient (Wildman–Crippen LogP) is 2.70. The summed E-state index contributed by atoms with van der Waals surface area (Å²) in [6, 6.07) is 2.86. The van der Waals surface area contributed by atoms with E-state index in [1.54, 1.807) is 16.9 Å². The van der Waals surface area contributed by atoms with Gasteiger partial charge >= 0.3 is 0 Å². The van der Waals surface area contributed by atoms with Gasteiger partial charge in [-0.2, -0.15) is 5.10 Å². The van der Waals surface area contributed by atoms with E-state index in [0.29, 0.717) is 5.02 Å². The molecule has 2 aromatic heterocycles. The first kappa shape index (κ1) is 14.0. The van der Waals surface area contributed by atoms with E-state index in [1.165, 1.54) is 12.3 Å². The molecule has 0 saturated carbocycles. The van der Waals surface area contributed by atoms with Gasteiger partial charge in [-0.25, -0.2) is 4.39 Å². The van der Waals surface area contributed by atoms with Crippen molar-refractivity contribution in [3.63, 3.8) is 0 Å². The molecule has 0 radical (unpaired) electrons. The van der Waals surface area contributed by atoms with Crippen LogP contribution in [0.15, 0.2) is 24.5 Å². The number of rotatable bonds is 5. The third-order valence-electron chi connectivity index (χ3n) is 2.86. The molecule has 2 rings (SSSR count). The van der Waals surface area contributed by atoms with Gasteiger partial charge in [-0.1, -0.05) is 18.5 Å². The van der Waals surface area contributed by atoms with E-state index in [-0.39, 0.29) is 11.9 Å². The SMILES string of the molecule is CCCNC(c1ccc(F)cn1)c1c(Cl)cnn1C. The molecule has 1 N–H and O–H groups in total. The fourth-order valence-electron chi connectivity index (χ4n) is 1.93. The van der Waals surface area contributed by atoms with Crippen molar-refractivity contribution in [2.75, 3.05) is 6.54 Å². The van der Waals surface area contributed by atoms with Crippen LogP contribution in [0, 0.1) is 5.82 Å². The summed E-state index contributed by atoms with van der Waals surface area (Å²) in [5.41, 5.74) is 1.55. The van der Waals surface area contributed by atoms with Gasteiger partial charge in [-0.15, -0.1) is 0 Å². The molecule has 0 amide bonds. The summed E-state index contributed by atoms with van der Waals surface area (Å²) in [6.45, 7) is 2.89. The van der Waals surface area contributed by atoms with Gasteiger partial charge in [0.15, 0.2) is 0 Å². The second-order valence-corrected chi connectivity index (χ2v) is 4.70. The topological polar surface area (TPSA) is 42.7 Å². The molecule has 2 heterocycles. The number of hydrogen-bond acceptors (Lipinski definition) is 3. The smallest absolute Gasteiger partial charge is 0.141 e. The van der Waals surface area contributed by atoms with Crippen molar-refractivity contribution in [3.05, 3.63) is 46.8 Å². The average Bonchev–Trinajstić information content (AvgIpc) is 2.73. The van der Waals surface area contributed by atoms with Crippen molar-refractivity contribution in [2.45, 2.75) is 19.4 Å². The molecule has 1 atom stereocenters.